The molecule has 0 spiro atoms. The summed E-state index contributed by atoms with van der Waals surface area (Å²) >= 11 is 0. The lowest BCUT2D eigenvalue weighted by atomic mass is 9.65. The highest BCUT2D eigenvalue weighted by atomic mass is 16.7. The molecule has 0 radical (unpaired) electrons. The number of nitrogens with zero attached hydrogens (tertiary/aromatic N) is 1. The number of fused-ring (bicyclic) bond motifs is 2. The molecule has 3 heterocycles. The predicted octanol–water partition coefficient (Wildman–Crippen LogP) is 0.678. The summed E-state index contributed by atoms with van der Waals surface area (Å²) in [6.07, 6.45) is 3.51. The van der Waals surface area contributed by atoms with Crippen molar-refractivity contribution in [1.29, 1.82) is 0 Å². The van der Waals surface area contributed by atoms with Crippen LogP contribution in [0.15, 0.2) is 24.3 Å². The number of benzene rings is 1. The van der Waals surface area contributed by atoms with Crippen molar-refractivity contribution in [2.24, 2.45) is 0 Å². The fraction of sp³-hybridized carbons (Fsp3) is 0.529. The SMILES string of the molecule is CO[C@@H]1C=C[C@]23c4cc5c(cc4C(O)N(CC2O)[C@H]3C1)OCO5. The largest absolute Gasteiger partial charge is 0.454 e. The number of ether oxygens (including phenoxy) is 3. The van der Waals surface area contributed by atoms with Crippen LogP contribution < -0.4 is 9.47 Å². The molecule has 5 rings (SSSR count). The molecule has 6 nitrogen and oxygen atoms in total. The van der Waals surface area contributed by atoms with Crippen LogP contribution in [0.3, 0.4) is 0 Å². The van der Waals surface area contributed by atoms with Gasteiger partial charge in [-0.15, -0.1) is 0 Å². The van der Waals surface area contributed by atoms with E-state index in [9.17, 15) is 10.2 Å². The summed E-state index contributed by atoms with van der Waals surface area (Å²) < 4.78 is 16.4. The van der Waals surface area contributed by atoms with Crippen molar-refractivity contribution < 1.29 is 24.4 Å². The van der Waals surface area contributed by atoms with Crippen LogP contribution in [0.5, 0.6) is 11.5 Å². The van der Waals surface area contributed by atoms with Gasteiger partial charge in [-0.3, -0.25) is 4.90 Å². The summed E-state index contributed by atoms with van der Waals surface area (Å²) in [5.74, 6) is 1.33. The average Bonchev–Trinajstić information content (AvgIpc) is 3.12. The van der Waals surface area contributed by atoms with Crippen molar-refractivity contribution in [1.82, 2.24) is 4.90 Å². The zero-order valence-corrected chi connectivity index (χ0v) is 12.8. The maximum atomic E-state index is 10.8. The van der Waals surface area contributed by atoms with Gasteiger partial charge in [-0.1, -0.05) is 12.2 Å². The van der Waals surface area contributed by atoms with E-state index < -0.39 is 17.7 Å². The number of aliphatic hydroxyl groups excluding tert-OH is 2. The minimum atomic E-state index is -0.751. The molecule has 1 aromatic carbocycles. The smallest absolute Gasteiger partial charge is 0.231 e. The lowest BCUT2D eigenvalue weighted by molar-refractivity contribution is -0.0399. The molecule has 3 aliphatic heterocycles. The number of hydrogen-bond donors (Lipinski definition) is 2. The van der Waals surface area contributed by atoms with E-state index in [1.807, 2.05) is 23.1 Å². The second kappa shape index (κ2) is 4.48. The van der Waals surface area contributed by atoms with E-state index in [2.05, 4.69) is 6.08 Å². The minimum absolute atomic E-state index is 0.00341. The molecule has 1 aromatic rings. The molecule has 1 saturated heterocycles. The summed E-state index contributed by atoms with van der Waals surface area (Å²) in [5.41, 5.74) is 1.21. The Morgan fingerprint density at radius 2 is 2.04 bits per heavy atom. The monoisotopic (exact) mass is 317 g/mol. The first-order valence-corrected chi connectivity index (χ1v) is 7.93. The lowest BCUT2D eigenvalue weighted by Crippen LogP contribution is -2.53. The summed E-state index contributed by atoms with van der Waals surface area (Å²) in [6, 6.07) is 3.79. The first-order valence-electron chi connectivity index (χ1n) is 7.93. The second-order valence-electron chi connectivity index (χ2n) is 6.70. The van der Waals surface area contributed by atoms with Gasteiger partial charge < -0.3 is 24.4 Å². The van der Waals surface area contributed by atoms with Crippen LogP contribution >= 0.6 is 0 Å². The Bertz CT molecular complexity index is 704. The maximum Gasteiger partial charge on any atom is 0.231 e. The van der Waals surface area contributed by atoms with Crippen LogP contribution in [-0.4, -0.2) is 53.8 Å². The molecule has 3 unspecified atom stereocenters. The highest BCUT2D eigenvalue weighted by Gasteiger charge is 2.61. The Morgan fingerprint density at radius 1 is 1.26 bits per heavy atom. The molecule has 1 aliphatic carbocycles. The van der Waals surface area contributed by atoms with E-state index in [1.165, 1.54) is 0 Å². The van der Waals surface area contributed by atoms with Gasteiger partial charge in [0.15, 0.2) is 11.5 Å². The van der Waals surface area contributed by atoms with E-state index in [0.29, 0.717) is 18.0 Å². The van der Waals surface area contributed by atoms with Crippen molar-refractivity contribution in [3.63, 3.8) is 0 Å². The van der Waals surface area contributed by atoms with E-state index in [-0.39, 0.29) is 18.9 Å². The third kappa shape index (κ3) is 1.57. The molecular weight excluding hydrogens is 298 g/mol. The van der Waals surface area contributed by atoms with Crippen molar-refractivity contribution in [2.45, 2.75) is 36.3 Å². The molecule has 23 heavy (non-hydrogen) atoms. The van der Waals surface area contributed by atoms with Crippen LogP contribution in [0.1, 0.15) is 23.8 Å². The molecule has 2 bridgehead atoms. The van der Waals surface area contributed by atoms with Gasteiger partial charge in [0.05, 0.1) is 17.6 Å². The van der Waals surface area contributed by atoms with Crippen LogP contribution in [0.25, 0.3) is 0 Å². The normalized spacial score (nSPS) is 42.5. The molecule has 0 aromatic heterocycles. The second-order valence-corrected chi connectivity index (χ2v) is 6.70. The predicted molar refractivity (Wildman–Crippen MR) is 80.3 cm³/mol. The summed E-state index contributed by atoms with van der Waals surface area (Å²) in [4.78, 5) is 1.98. The van der Waals surface area contributed by atoms with Crippen molar-refractivity contribution in [3.05, 3.63) is 35.4 Å². The fourth-order valence-electron chi connectivity index (χ4n) is 4.71. The van der Waals surface area contributed by atoms with E-state index in [4.69, 9.17) is 14.2 Å². The van der Waals surface area contributed by atoms with Crippen LogP contribution in [0.4, 0.5) is 0 Å². The van der Waals surface area contributed by atoms with Crippen molar-refractivity contribution in [2.75, 3.05) is 20.4 Å². The molecular formula is C17H19NO5. The van der Waals surface area contributed by atoms with Crippen molar-refractivity contribution >= 4 is 0 Å². The van der Waals surface area contributed by atoms with E-state index in [0.717, 1.165) is 17.5 Å². The number of aliphatic hydroxyl groups is 2. The van der Waals surface area contributed by atoms with Gasteiger partial charge in [0.2, 0.25) is 6.79 Å². The molecule has 0 saturated carbocycles. The fourth-order valence-corrected chi connectivity index (χ4v) is 4.71. The van der Waals surface area contributed by atoms with Crippen LogP contribution in [0.2, 0.25) is 0 Å². The summed E-state index contributed by atoms with van der Waals surface area (Å²) in [7, 11) is 1.69. The van der Waals surface area contributed by atoms with Gasteiger partial charge >= 0.3 is 0 Å². The quantitative estimate of drug-likeness (QED) is 0.742. The molecule has 0 amide bonds. The highest BCUT2D eigenvalue weighted by molar-refractivity contribution is 5.57. The van der Waals surface area contributed by atoms with Gasteiger partial charge in [-0.25, -0.2) is 0 Å². The molecule has 6 heteroatoms. The van der Waals surface area contributed by atoms with E-state index in [1.54, 1.807) is 7.11 Å². The standard InChI is InChI=1S/C17H19NO5/c1-21-9-2-3-17-11-6-13-12(22-8-23-13)5-10(11)16(20)18(7-15(17)19)14(17)4-9/h2-3,5-6,9,14-16,19-20H,4,7-8H2,1H3/t9-,14+,15?,16?,17-/m1/s1. The Kier molecular flexibility index (Phi) is 2.69. The van der Waals surface area contributed by atoms with Gasteiger partial charge in [-0.2, -0.15) is 0 Å². The molecule has 4 aliphatic rings. The Balaban J connectivity index is 1.75. The first-order chi connectivity index (χ1) is 11.1. The molecule has 122 valence electrons. The van der Waals surface area contributed by atoms with Crippen molar-refractivity contribution in [3.8, 4) is 11.5 Å². The molecule has 2 N–H and O–H groups in total. The third-order valence-corrected chi connectivity index (χ3v) is 5.84. The van der Waals surface area contributed by atoms with Crippen LogP contribution in [0, 0.1) is 0 Å². The number of hydrogen-bond acceptors (Lipinski definition) is 6. The third-order valence-electron chi connectivity index (χ3n) is 5.84. The summed E-state index contributed by atoms with van der Waals surface area (Å²) in [6.45, 7) is 0.631. The van der Waals surface area contributed by atoms with Gasteiger partial charge in [0.1, 0.15) is 6.23 Å². The maximum absolute atomic E-state index is 10.8. The Labute approximate surface area is 133 Å². The molecule has 6 atom stereocenters. The minimum Gasteiger partial charge on any atom is -0.454 e. The van der Waals surface area contributed by atoms with Gasteiger partial charge in [0.25, 0.3) is 0 Å². The number of rotatable bonds is 1. The highest BCUT2D eigenvalue weighted by Crippen LogP contribution is 2.56. The molecule has 1 fully saturated rings. The zero-order chi connectivity index (χ0) is 15.8. The van der Waals surface area contributed by atoms with Crippen LogP contribution in [-0.2, 0) is 10.2 Å². The average molecular weight is 317 g/mol. The van der Waals surface area contributed by atoms with Gasteiger partial charge in [0, 0.05) is 25.3 Å². The number of methoxy groups -OCH3 is 1. The Morgan fingerprint density at radius 3 is 2.83 bits per heavy atom. The lowest BCUT2D eigenvalue weighted by Gasteiger charge is -2.48. The zero-order valence-electron chi connectivity index (χ0n) is 12.8. The topological polar surface area (TPSA) is 71.4 Å². The van der Waals surface area contributed by atoms with E-state index >= 15 is 0 Å². The van der Waals surface area contributed by atoms with Gasteiger partial charge in [-0.05, 0) is 24.1 Å². The Hall–Kier alpha value is -1.60. The summed E-state index contributed by atoms with van der Waals surface area (Å²) in [5, 5.41) is 21.7. The first kappa shape index (κ1) is 13.8.